The van der Waals surface area contributed by atoms with Crippen molar-refractivity contribution in [2.24, 2.45) is 5.73 Å². The smallest absolute Gasteiger partial charge is 0.124 e. The zero-order chi connectivity index (χ0) is 14.3. The van der Waals surface area contributed by atoms with E-state index in [0.29, 0.717) is 19.8 Å². The molecule has 4 heteroatoms. The molecule has 0 bridgehead atoms. The van der Waals surface area contributed by atoms with E-state index in [1.165, 1.54) is 0 Å². The molecule has 0 heterocycles. The zero-order valence-electron chi connectivity index (χ0n) is 12.3. The van der Waals surface area contributed by atoms with Crippen LogP contribution in [-0.2, 0) is 9.47 Å². The monoisotopic (exact) mass is 267 g/mol. The molecule has 19 heavy (non-hydrogen) atoms. The molecule has 0 saturated heterocycles. The zero-order valence-corrected chi connectivity index (χ0v) is 12.3. The first-order chi connectivity index (χ1) is 8.98. The first kappa shape index (κ1) is 16.0. The minimum atomic E-state index is -0.167. The second-order valence-corrected chi connectivity index (χ2v) is 5.30. The van der Waals surface area contributed by atoms with Crippen LogP contribution in [0.2, 0.25) is 0 Å². The highest BCUT2D eigenvalue weighted by Crippen LogP contribution is 2.26. The van der Waals surface area contributed by atoms with Crippen molar-refractivity contribution < 1.29 is 14.2 Å². The third kappa shape index (κ3) is 5.59. The molecular formula is C15H25NO3. The summed E-state index contributed by atoms with van der Waals surface area (Å²) in [5.74, 6) is 0.801. The van der Waals surface area contributed by atoms with E-state index in [4.69, 9.17) is 19.9 Å². The van der Waals surface area contributed by atoms with Gasteiger partial charge in [-0.05, 0) is 26.8 Å². The summed E-state index contributed by atoms with van der Waals surface area (Å²) < 4.78 is 16.7. The van der Waals surface area contributed by atoms with Gasteiger partial charge in [0.05, 0.1) is 32.0 Å². The second kappa shape index (κ2) is 7.48. The van der Waals surface area contributed by atoms with Crippen molar-refractivity contribution >= 4 is 0 Å². The lowest BCUT2D eigenvalue weighted by Gasteiger charge is -2.22. The third-order valence-electron chi connectivity index (χ3n) is 2.64. The lowest BCUT2D eigenvalue weighted by Crippen LogP contribution is -2.24. The lowest BCUT2D eigenvalue weighted by atomic mass is 10.1. The van der Waals surface area contributed by atoms with Gasteiger partial charge in [0, 0.05) is 12.1 Å². The first-order valence-corrected chi connectivity index (χ1v) is 6.56. The minimum Gasteiger partial charge on any atom is -0.496 e. The Morgan fingerprint density at radius 1 is 1.16 bits per heavy atom. The summed E-state index contributed by atoms with van der Waals surface area (Å²) in [6.07, 6.45) is -0.167. The molecule has 0 fully saturated rings. The van der Waals surface area contributed by atoms with Crippen LogP contribution in [0.3, 0.4) is 0 Å². The highest BCUT2D eigenvalue weighted by atomic mass is 16.5. The van der Waals surface area contributed by atoms with Crippen LogP contribution in [0, 0.1) is 0 Å². The third-order valence-corrected chi connectivity index (χ3v) is 2.64. The van der Waals surface area contributed by atoms with E-state index < -0.39 is 0 Å². The Labute approximate surface area is 115 Å². The van der Waals surface area contributed by atoms with E-state index >= 15 is 0 Å². The highest BCUT2D eigenvalue weighted by Gasteiger charge is 2.15. The number of rotatable bonds is 7. The van der Waals surface area contributed by atoms with Crippen LogP contribution in [0.4, 0.5) is 0 Å². The lowest BCUT2D eigenvalue weighted by molar-refractivity contribution is -0.0508. The summed E-state index contributed by atoms with van der Waals surface area (Å²) in [5, 5.41) is 0. The number of ether oxygens (including phenoxy) is 3. The average Bonchev–Trinajstić information content (AvgIpc) is 2.38. The molecule has 1 aromatic rings. The van der Waals surface area contributed by atoms with Gasteiger partial charge in [-0.15, -0.1) is 0 Å². The molecule has 1 atom stereocenters. The first-order valence-electron chi connectivity index (χ1n) is 6.56. The molecule has 0 radical (unpaired) electrons. The maximum Gasteiger partial charge on any atom is 0.124 e. The molecule has 4 nitrogen and oxygen atoms in total. The Hall–Kier alpha value is -1.10. The molecule has 1 aromatic carbocycles. The van der Waals surface area contributed by atoms with E-state index in [1.54, 1.807) is 7.11 Å². The Morgan fingerprint density at radius 2 is 1.84 bits per heavy atom. The molecule has 0 aliphatic heterocycles. The largest absolute Gasteiger partial charge is 0.496 e. The van der Waals surface area contributed by atoms with Gasteiger partial charge >= 0.3 is 0 Å². The van der Waals surface area contributed by atoms with E-state index in [9.17, 15) is 0 Å². The molecule has 1 rings (SSSR count). The van der Waals surface area contributed by atoms with E-state index in [2.05, 4.69) is 0 Å². The van der Waals surface area contributed by atoms with Gasteiger partial charge in [0.25, 0.3) is 0 Å². The number of methoxy groups -OCH3 is 1. The highest BCUT2D eigenvalue weighted by molar-refractivity contribution is 5.35. The number of hydrogen-bond donors (Lipinski definition) is 1. The Kier molecular flexibility index (Phi) is 6.28. The van der Waals surface area contributed by atoms with Crippen LogP contribution >= 0.6 is 0 Å². The molecule has 0 aliphatic carbocycles. The van der Waals surface area contributed by atoms with Gasteiger partial charge in [-0.1, -0.05) is 18.2 Å². The van der Waals surface area contributed by atoms with Gasteiger partial charge in [0.2, 0.25) is 0 Å². The van der Waals surface area contributed by atoms with Crippen molar-refractivity contribution in [1.29, 1.82) is 0 Å². The van der Waals surface area contributed by atoms with Crippen molar-refractivity contribution in [3.63, 3.8) is 0 Å². The quantitative estimate of drug-likeness (QED) is 0.771. The predicted molar refractivity (Wildman–Crippen MR) is 76.4 cm³/mol. The second-order valence-electron chi connectivity index (χ2n) is 5.30. The van der Waals surface area contributed by atoms with E-state index in [-0.39, 0.29) is 11.7 Å². The molecule has 0 saturated carbocycles. The number of nitrogens with two attached hydrogens (primary N) is 1. The van der Waals surface area contributed by atoms with Crippen LogP contribution in [0.15, 0.2) is 24.3 Å². The molecule has 0 amide bonds. The van der Waals surface area contributed by atoms with Crippen LogP contribution < -0.4 is 10.5 Å². The Balaban J connectivity index is 2.54. The average molecular weight is 267 g/mol. The molecular weight excluding hydrogens is 242 g/mol. The Bertz CT molecular complexity index is 374. The van der Waals surface area contributed by atoms with Gasteiger partial charge in [-0.3, -0.25) is 0 Å². The summed E-state index contributed by atoms with van der Waals surface area (Å²) in [6.45, 7) is 7.54. The molecule has 1 unspecified atom stereocenters. The minimum absolute atomic E-state index is 0.147. The fourth-order valence-corrected chi connectivity index (χ4v) is 1.76. The maximum absolute atomic E-state index is 5.79. The van der Waals surface area contributed by atoms with Crippen molar-refractivity contribution in [3.8, 4) is 5.75 Å². The predicted octanol–water partition coefficient (Wildman–Crippen LogP) is 2.53. The molecule has 0 aromatic heterocycles. The van der Waals surface area contributed by atoms with Gasteiger partial charge in [-0.25, -0.2) is 0 Å². The number of para-hydroxylation sites is 1. The Morgan fingerprint density at radius 3 is 2.42 bits per heavy atom. The summed E-state index contributed by atoms with van der Waals surface area (Å²) >= 11 is 0. The maximum atomic E-state index is 5.79. The SMILES string of the molecule is COc1ccccc1C(CN)OCCOC(C)(C)C. The number of benzene rings is 1. The summed E-state index contributed by atoms with van der Waals surface area (Å²) in [6, 6.07) is 7.77. The van der Waals surface area contributed by atoms with Gasteiger partial charge in [0.15, 0.2) is 0 Å². The summed E-state index contributed by atoms with van der Waals surface area (Å²) in [4.78, 5) is 0. The van der Waals surface area contributed by atoms with Crippen LogP contribution in [0.5, 0.6) is 5.75 Å². The van der Waals surface area contributed by atoms with E-state index in [1.807, 2.05) is 45.0 Å². The van der Waals surface area contributed by atoms with Crippen LogP contribution in [0.25, 0.3) is 0 Å². The van der Waals surface area contributed by atoms with Crippen LogP contribution in [-0.4, -0.2) is 32.5 Å². The molecule has 0 spiro atoms. The standard InChI is InChI=1S/C15H25NO3/c1-15(2,3)19-10-9-18-14(11-16)12-7-5-6-8-13(12)17-4/h5-8,14H,9-11,16H2,1-4H3. The van der Waals surface area contributed by atoms with Gasteiger partial charge < -0.3 is 19.9 Å². The molecule has 0 aliphatic rings. The number of hydrogen-bond acceptors (Lipinski definition) is 4. The van der Waals surface area contributed by atoms with Crippen molar-refractivity contribution in [3.05, 3.63) is 29.8 Å². The summed E-state index contributed by atoms with van der Waals surface area (Å²) in [7, 11) is 1.65. The van der Waals surface area contributed by atoms with Crippen molar-refractivity contribution in [2.45, 2.75) is 32.5 Å². The van der Waals surface area contributed by atoms with E-state index in [0.717, 1.165) is 11.3 Å². The topological polar surface area (TPSA) is 53.7 Å². The van der Waals surface area contributed by atoms with Gasteiger partial charge in [-0.2, -0.15) is 0 Å². The van der Waals surface area contributed by atoms with Crippen molar-refractivity contribution in [1.82, 2.24) is 0 Å². The van der Waals surface area contributed by atoms with Crippen LogP contribution in [0.1, 0.15) is 32.4 Å². The molecule has 108 valence electrons. The van der Waals surface area contributed by atoms with Gasteiger partial charge in [0.1, 0.15) is 5.75 Å². The normalized spacial score (nSPS) is 13.3. The van der Waals surface area contributed by atoms with Crippen molar-refractivity contribution in [2.75, 3.05) is 26.9 Å². The fraction of sp³-hybridized carbons (Fsp3) is 0.600. The molecule has 2 N–H and O–H groups in total. The fourth-order valence-electron chi connectivity index (χ4n) is 1.76. The summed E-state index contributed by atoms with van der Waals surface area (Å²) in [5.41, 5.74) is 6.60.